The molecule has 0 unspecified atom stereocenters. The van der Waals surface area contributed by atoms with Crippen molar-refractivity contribution in [2.45, 2.75) is 24.5 Å². The molecule has 1 amide bonds. The summed E-state index contributed by atoms with van der Waals surface area (Å²) >= 11 is 1.50. The fourth-order valence-electron chi connectivity index (χ4n) is 3.34. The molecule has 1 saturated heterocycles. The van der Waals surface area contributed by atoms with Crippen LogP contribution in [0.3, 0.4) is 0 Å². The number of thioether (sulfide) groups is 1. The quantitative estimate of drug-likeness (QED) is 0.463. The second kappa shape index (κ2) is 8.19. The van der Waals surface area contributed by atoms with Crippen LogP contribution in [-0.2, 0) is 13.6 Å². The Morgan fingerprint density at radius 2 is 2.03 bits per heavy atom. The first-order valence-electron chi connectivity index (χ1n) is 9.42. The van der Waals surface area contributed by atoms with Crippen LogP contribution in [0.1, 0.15) is 23.3 Å². The van der Waals surface area contributed by atoms with Gasteiger partial charge in [-0.25, -0.2) is 19.3 Å². The predicted octanol–water partition coefficient (Wildman–Crippen LogP) is 0.672. The zero-order valence-corrected chi connectivity index (χ0v) is 17.1. The van der Waals surface area contributed by atoms with E-state index in [1.165, 1.54) is 43.8 Å². The summed E-state index contributed by atoms with van der Waals surface area (Å²) in [4.78, 5) is 35.3. The van der Waals surface area contributed by atoms with Gasteiger partial charge in [-0.15, -0.1) is 0 Å². The van der Waals surface area contributed by atoms with E-state index >= 15 is 0 Å². The maximum atomic E-state index is 12.3. The summed E-state index contributed by atoms with van der Waals surface area (Å²) in [6.07, 6.45) is 6.08. The van der Waals surface area contributed by atoms with Gasteiger partial charge in [0.1, 0.15) is 11.5 Å². The number of carbonyl (C=O) groups is 1. The largest absolute Gasteiger partial charge is 0.356 e. The number of hydrogen-bond donors (Lipinski definition) is 1. The SMILES string of the molecule is CSc1nc(N2CCCC2)c2cnn(CCNC(=O)c3ccc(=O)n(C)n3)c2n1. The molecule has 0 saturated carbocycles. The van der Waals surface area contributed by atoms with Crippen LogP contribution < -0.4 is 15.8 Å². The molecular formula is C18H22N8O2S. The van der Waals surface area contributed by atoms with Crippen LogP contribution in [0.2, 0.25) is 0 Å². The highest BCUT2D eigenvalue weighted by Crippen LogP contribution is 2.28. The number of amides is 1. The first-order valence-corrected chi connectivity index (χ1v) is 10.6. The van der Waals surface area contributed by atoms with Gasteiger partial charge in [0, 0.05) is 32.7 Å². The van der Waals surface area contributed by atoms with Crippen molar-refractivity contribution >= 4 is 34.5 Å². The van der Waals surface area contributed by atoms with Crippen molar-refractivity contribution < 1.29 is 4.79 Å². The highest BCUT2D eigenvalue weighted by atomic mass is 32.2. The zero-order valence-electron chi connectivity index (χ0n) is 16.3. The molecule has 3 aromatic rings. The molecule has 1 aliphatic heterocycles. The maximum absolute atomic E-state index is 12.3. The number of aromatic nitrogens is 6. The molecule has 0 aliphatic carbocycles. The Bertz CT molecular complexity index is 1100. The van der Waals surface area contributed by atoms with Gasteiger partial charge >= 0.3 is 0 Å². The van der Waals surface area contributed by atoms with E-state index in [1.54, 1.807) is 10.9 Å². The summed E-state index contributed by atoms with van der Waals surface area (Å²) in [7, 11) is 1.51. The van der Waals surface area contributed by atoms with Crippen LogP contribution >= 0.6 is 11.8 Å². The van der Waals surface area contributed by atoms with Crippen LogP contribution in [0.5, 0.6) is 0 Å². The van der Waals surface area contributed by atoms with Crippen molar-refractivity contribution in [1.29, 1.82) is 0 Å². The zero-order chi connectivity index (χ0) is 20.4. The van der Waals surface area contributed by atoms with E-state index in [1.807, 2.05) is 6.26 Å². The number of carbonyl (C=O) groups excluding carboxylic acids is 1. The maximum Gasteiger partial charge on any atom is 0.271 e. The molecule has 0 atom stereocenters. The standard InChI is InChI=1S/C18H22N8O2S/c1-24-14(27)6-5-13(23-24)17(28)19-7-10-26-16-12(11-20-26)15(21-18(22-16)29-2)25-8-3-4-9-25/h5-6,11H,3-4,7-10H2,1-2H3,(H,19,28). The fourth-order valence-corrected chi connectivity index (χ4v) is 3.69. The van der Waals surface area contributed by atoms with Crippen molar-refractivity contribution in [3.8, 4) is 0 Å². The van der Waals surface area contributed by atoms with Crippen LogP contribution in [0.4, 0.5) is 5.82 Å². The lowest BCUT2D eigenvalue weighted by atomic mass is 10.3. The smallest absolute Gasteiger partial charge is 0.271 e. The van der Waals surface area contributed by atoms with E-state index in [0.29, 0.717) is 18.2 Å². The minimum absolute atomic E-state index is 0.195. The molecule has 0 aromatic carbocycles. The third kappa shape index (κ3) is 3.95. The number of hydrogen-bond acceptors (Lipinski definition) is 8. The summed E-state index contributed by atoms with van der Waals surface area (Å²) in [5.74, 6) is 0.593. The first-order chi connectivity index (χ1) is 14.1. The molecule has 10 nitrogen and oxygen atoms in total. The number of rotatable bonds is 6. The average Bonchev–Trinajstić information content (AvgIpc) is 3.39. The average molecular weight is 414 g/mol. The third-order valence-corrected chi connectivity index (χ3v) is 5.39. The van der Waals surface area contributed by atoms with Crippen LogP contribution in [-0.4, -0.2) is 61.3 Å². The molecule has 1 N–H and O–H groups in total. The molecule has 4 heterocycles. The van der Waals surface area contributed by atoms with Gasteiger partial charge in [-0.1, -0.05) is 11.8 Å². The van der Waals surface area contributed by atoms with Gasteiger partial charge in [0.25, 0.3) is 11.5 Å². The van der Waals surface area contributed by atoms with E-state index in [4.69, 9.17) is 4.98 Å². The molecule has 11 heteroatoms. The summed E-state index contributed by atoms with van der Waals surface area (Å²) in [5.41, 5.74) is 0.698. The van der Waals surface area contributed by atoms with Crippen molar-refractivity contribution in [3.05, 3.63) is 34.4 Å². The monoisotopic (exact) mass is 414 g/mol. The number of anilines is 1. The molecule has 3 aromatic heterocycles. The van der Waals surface area contributed by atoms with Crippen LogP contribution in [0.25, 0.3) is 11.0 Å². The Morgan fingerprint density at radius 3 is 2.76 bits per heavy atom. The summed E-state index contributed by atoms with van der Waals surface area (Å²) in [6, 6.07) is 2.74. The number of fused-ring (bicyclic) bond motifs is 1. The Kier molecular flexibility index (Phi) is 5.47. The van der Waals surface area contributed by atoms with Crippen molar-refractivity contribution in [1.82, 2.24) is 34.8 Å². The minimum Gasteiger partial charge on any atom is -0.356 e. The lowest BCUT2D eigenvalue weighted by molar-refractivity contribution is 0.0944. The highest BCUT2D eigenvalue weighted by molar-refractivity contribution is 7.98. The van der Waals surface area contributed by atoms with Gasteiger partial charge < -0.3 is 10.2 Å². The van der Waals surface area contributed by atoms with Crippen molar-refractivity contribution in [3.63, 3.8) is 0 Å². The Morgan fingerprint density at radius 1 is 1.24 bits per heavy atom. The topological polar surface area (TPSA) is 111 Å². The van der Waals surface area contributed by atoms with E-state index in [0.717, 1.165) is 34.6 Å². The predicted molar refractivity (Wildman–Crippen MR) is 110 cm³/mol. The van der Waals surface area contributed by atoms with E-state index in [2.05, 4.69) is 25.4 Å². The molecule has 1 aliphatic rings. The van der Waals surface area contributed by atoms with Gasteiger partial charge in [0.15, 0.2) is 10.8 Å². The fraction of sp³-hybridized carbons (Fsp3) is 0.444. The van der Waals surface area contributed by atoms with Gasteiger partial charge in [0.2, 0.25) is 0 Å². The molecule has 29 heavy (non-hydrogen) atoms. The summed E-state index contributed by atoms with van der Waals surface area (Å²) < 4.78 is 2.92. The Labute approximate surface area is 171 Å². The summed E-state index contributed by atoms with van der Waals surface area (Å²) in [6.45, 7) is 2.81. The van der Waals surface area contributed by atoms with Gasteiger partial charge in [-0.2, -0.15) is 10.2 Å². The van der Waals surface area contributed by atoms with E-state index < -0.39 is 0 Å². The lowest BCUT2D eigenvalue weighted by Crippen LogP contribution is -2.30. The molecular weight excluding hydrogens is 392 g/mol. The Balaban J connectivity index is 1.50. The van der Waals surface area contributed by atoms with Gasteiger partial charge in [-0.05, 0) is 25.2 Å². The van der Waals surface area contributed by atoms with Crippen LogP contribution in [0, 0.1) is 0 Å². The number of nitrogens with zero attached hydrogens (tertiary/aromatic N) is 7. The van der Waals surface area contributed by atoms with E-state index in [-0.39, 0.29) is 17.2 Å². The normalized spacial score (nSPS) is 13.9. The lowest BCUT2D eigenvalue weighted by Gasteiger charge is -2.17. The second-order valence-electron chi connectivity index (χ2n) is 6.77. The Hall–Kier alpha value is -2.95. The molecule has 0 spiro atoms. The summed E-state index contributed by atoms with van der Waals surface area (Å²) in [5, 5.41) is 12.9. The van der Waals surface area contributed by atoms with Gasteiger partial charge in [0.05, 0.1) is 18.1 Å². The van der Waals surface area contributed by atoms with E-state index in [9.17, 15) is 9.59 Å². The first kappa shape index (κ1) is 19.4. The van der Waals surface area contributed by atoms with Gasteiger partial charge in [-0.3, -0.25) is 9.59 Å². The van der Waals surface area contributed by atoms with Crippen molar-refractivity contribution in [2.75, 3.05) is 30.8 Å². The minimum atomic E-state index is -0.339. The number of aryl methyl sites for hydroxylation is 1. The molecule has 4 rings (SSSR count). The molecule has 1 fully saturated rings. The van der Waals surface area contributed by atoms with Crippen molar-refractivity contribution in [2.24, 2.45) is 7.05 Å². The highest BCUT2D eigenvalue weighted by Gasteiger charge is 2.20. The molecule has 0 radical (unpaired) electrons. The third-order valence-electron chi connectivity index (χ3n) is 4.85. The number of nitrogens with one attached hydrogen (secondary N) is 1. The second-order valence-corrected chi connectivity index (χ2v) is 7.54. The molecule has 152 valence electrons. The van der Waals surface area contributed by atoms with Crippen LogP contribution in [0.15, 0.2) is 28.3 Å². The molecule has 0 bridgehead atoms.